The lowest BCUT2D eigenvalue weighted by molar-refractivity contribution is -0.138. The standard InChI is InChI=1S/C14H18FNO4S/c1-10-8-11(15)4-5-12(10)21(19,20)16-14(9-13(17)18)6-2-3-7-14/h4-5,8,16H,2-3,6-7,9H2,1H3,(H,17,18). The molecule has 5 nitrogen and oxygen atoms in total. The number of rotatable bonds is 5. The third-order valence-electron chi connectivity index (χ3n) is 3.83. The van der Waals surface area contributed by atoms with Crippen molar-refractivity contribution in [2.75, 3.05) is 0 Å². The fourth-order valence-corrected chi connectivity index (χ4v) is 4.60. The van der Waals surface area contributed by atoms with Crippen LogP contribution in [0.1, 0.15) is 37.7 Å². The van der Waals surface area contributed by atoms with Crippen LogP contribution < -0.4 is 4.72 Å². The number of benzene rings is 1. The maximum atomic E-state index is 13.1. The van der Waals surface area contributed by atoms with Crippen molar-refractivity contribution in [3.8, 4) is 0 Å². The summed E-state index contributed by atoms with van der Waals surface area (Å²) in [4.78, 5) is 11.0. The molecule has 7 heteroatoms. The second-order valence-corrected chi connectivity index (χ2v) is 7.22. The molecule has 21 heavy (non-hydrogen) atoms. The Labute approximate surface area is 123 Å². The van der Waals surface area contributed by atoms with Gasteiger partial charge in [0.05, 0.1) is 11.3 Å². The van der Waals surface area contributed by atoms with Crippen molar-refractivity contribution in [1.29, 1.82) is 0 Å². The van der Waals surface area contributed by atoms with Gasteiger partial charge in [0.25, 0.3) is 0 Å². The van der Waals surface area contributed by atoms with Crippen molar-refractivity contribution >= 4 is 16.0 Å². The molecule has 2 rings (SSSR count). The number of hydrogen-bond donors (Lipinski definition) is 2. The maximum Gasteiger partial charge on any atom is 0.305 e. The molecule has 1 aromatic carbocycles. The number of carboxylic acid groups (broad SMARTS) is 1. The average Bonchev–Trinajstić information content (AvgIpc) is 2.74. The van der Waals surface area contributed by atoms with E-state index in [1.807, 2.05) is 0 Å². The van der Waals surface area contributed by atoms with Crippen molar-refractivity contribution in [1.82, 2.24) is 4.72 Å². The number of carboxylic acids is 1. The third-order valence-corrected chi connectivity index (χ3v) is 5.57. The number of hydrogen-bond acceptors (Lipinski definition) is 3. The van der Waals surface area contributed by atoms with Crippen molar-refractivity contribution < 1.29 is 22.7 Å². The molecule has 0 heterocycles. The van der Waals surface area contributed by atoms with Crippen LogP contribution in [0.4, 0.5) is 4.39 Å². The molecule has 2 N–H and O–H groups in total. The Morgan fingerprint density at radius 1 is 1.38 bits per heavy atom. The molecule has 0 radical (unpaired) electrons. The molecule has 0 spiro atoms. The van der Waals surface area contributed by atoms with Crippen LogP contribution in [0.15, 0.2) is 23.1 Å². The molecule has 0 amide bonds. The Kier molecular flexibility index (Phi) is 4.34. The van der Waals surface area contributed by atoms with Gasteiger partial charge in [0.15, 0.2) is 0 Å². The normalized spacial score (nSPS) is 17.8. The van der Waals surface area contributed by atoms with Gasteiger partial charge in [-0.1, -0.05) is 12.8 Å². The molecule has 1 aliphatic rings. The van der Waals surface area contributed by atoms with Gasteiger partial charge in [-0.2, -0.15) is 0 Å². The van der Waals surface area contributed by atoms with E-state index in [9.17, 15) is 17.6 Å². The quantitative estimate of drug-likeness (QED) is 0.872. The predicted octanol–water partition coefficient (Wildman–Crippen LogP) is 2.20. The van der Waals surface area contributed by atoms with Crippen molar-refractivity contribution in [2.24, 2.45) is 0 Å². The van der Waals surface area contributed by atoms with Crippen LogP contribution in [0.25, 0.3) is 0 Å². The molecule has 0 unspecified atom stereocenters. The van der Waals surface area contributed by atoms with Gasteiger partial charge >= 0.3 is 5.97 Å². The van der Waals surface area contributed by atoms with Gasteiger partial charge in [-0.3, -0.25) is 4.79 Å². The highest BCUT2D eigenvalue weighted by atomic mass is 32.2. The van der Waals surface area contributed by atoms with Gasteiger partial charge in [-0.05, 0) is 43.5 Å². The van der Waals surface area contributed by atoms with Crippen LogP contribution in [0.5, 0.6) is 0 Å². The molecular formula is C14H18FNO4S. The Morgan fingerprint density at radius 2 is 2.00 bits per heavy atom. The fraction of sp³-hybridized carbons (Fsp3) is 0.500. The van der Waals surface area contributed by atoms with Gasteiger partial charge in [-0.15, -0.1) is 0 Å². The SMILES string of the molecule is Cc1cc(F)ccc1S(=O)(=O)NC1(CC(=O)O)CCCC1. The number of aliphatic carboxylic acids is 1. The second-order valence-electron chi connectivity index (χ2n) is 5.57. The molecule has 1 saturated carbocycles. The van der Waals surface area contributed by atoms with Crippen LogP contribution in [0.2, 0.25) is 0 Å². The summed E-state index contributed by atoms with van der Waals surface area (Å²) in [5.74, 6) is -1.54. The lowest BCUT2D eigenvalue weighted by Crippen LogP contribution is -2.47. The molecule has 1 aromatic rings. The van der Waals surface area contributed by atoms with Gasteiger partial charge < -0.3 is 5.11 Å². The van der Waals surface area contributed by atoms with E-state index in [-0.39, 0.29) is 11.3 Å². The first-order chi connectivity index (χ1) is 9.74. The van der Waals surface area contributed by atoms with Gasteiger partial charge in [0, 0.05) is 5.54 Å². The van der Waals surface area contributed by atoms with Crippen molar-refractivity contribution in [2.45, 2.75) is 49.5 Å². The summed E-state index contributed by atoms with van der Waals surface area (Å²) < 4.78 is 40.6. The summed E-state index contributed by atoms with van der Waals surface area (Å²) in [5.41, 5.74) is -0.642. The monoisotopic (exact) mass is 315 g/mol. The van der Waals surface area contributed by atoms with E-state index >= 15 is 0 Å². The highest BCUT2D eigenvalue weighted by Gasteiger charge is 2.40. The highest BCUT2D eigenvalue weighted by molar-refractivity contribution is 7.89. The smallest absolute Gasteiger partial charge is 0.305 e. The van der Waals surface area contributed by atoms with Crippen LogP contribution >= 0.6 is 0 Å². The van der Waals surface area contributed by atoms with Crippen LogP contribution in [0, 0.1) is 12.7 Å². The van der Waals surface area contributed by atoms with Crippen molar-refractivity contribution in [3.63, 3.8) is 0 Å². The molecule has 1 aliphatic carbocycles. The third kappa shape index (κ3) is 3.59. The maximum absolute atomic E-state index is 13.1. The van der Waals surface area contributed by atoms with E-state index in [4.69, 9.17) is 5.11 Å². The minimum atomic E-state index is -3.88. The van der Waals surface area contributed by atoms with E-state index in [0.717, 1.165) is 25.0 Å². The lowest BCUT2D eigenvalue weighted by atomic mass is 9.95. The minimum Gasteiger partial charge on any atom is -0.481 e. The number of sulfonamides is 1. The summed E-state index contributed by atoms with van der Waals surface area (Å²) >= 11 is 0. The zero-order chi connectivity index (χ0) is 15.7. The van der Waals surface area contributed by atoms with E-state index in [1.54, 1.807) is 0 Å². The Bertz CT molecular complexity index is 651. The first-order valence-electron chi connectivity index (χ1n) is 6.76. The average molecular weight is 315 g/mol. The van der Waals surface area contributed by atoms with Crippen LogP contribution in [-0.4, -0.2) is 25.0 Å². The summed E-state index contributed by atoms with van der Waals surface area (Å²) in [5, 5.41) is 9.01. The van der Waals surface area contributed by atoms with E-state index in [2.05, 4.69) is 4.72 Å². The van der Waals surface area contributed by atoms with E-state index < -0.39 is 27.3 Å². The molecule has 0 aliphatic heterocycles. The topological polar surface area (TPSA) is 83.5 Å². The largest absolute Gasteiger partial charge is 0.481 e. The molecular weight excluding hydrogens is 297 g/mol. The number of halogens is 1. The predicted molar refractivity (Wildman–Crippen MR) is 74.9 cm³/mol. The van der Waals surface area contributed by atoms with E-state index in [1.165, 1.54) is 13.0 Å². The van der Waals surface area contributed by atoms with Gasteiger partial charge in [-0.25, -0.2) is 17.5 Å². The first kappa shape index (κ1) is 15.9. The Morgan fingerprint density at radius 3 is 2.52 bits per heavy atom. The van der Waals surface area contributed by atoms with Crippen molar-refractivity contribution in [3.05, 3.63) is 29.6 Å². The molecule has 0 bridgehead atoms. The van der Waals surface area contributed by atoms with Gasteiger partial charge in [0.2, 0.25) is 10.0 Å². The molecule has 116 valence electrons. The lowest BCUT2D eigenvalue weighted by Gasteiger charge is -2.28. The Hall–Kier alpha value is -1.47. The summed E-state index contributed by atoms with van der Waals surface area (Å²) in [6.07, 6.45) is 2.33. The van der Waals surface area contributed by atoms with Crippen LogP contribution in [-0.2, 0) is 14.8 Å². The van der Waals surface area contributed by atoms with E-state index in [0.29, 0.717) is 18.4 Å². The minimum absolute atomic E-state index is 0.0134. The summed E-state index contributed by atoms with van der Waals surface area (Å²) in [6, 6.07) is 3.43. The highest BCUT2D eigenvalue weighted by Crippen LogP contribution is 2.34. The number of carbonyl (C=O) groups is 1. The fourth-order valence-electron chi connectivity index (χ4n) is 2.91. The number of aryl methyl sites for hydroxylation is 1. The number of nitrogens with one attached hydrogen (secondary N) is 1. The molecule has 0 atom stereocenters. The Balaban J connectivity index is 2.32. The zero-order valence-electron chi connectivity index (χ0n) is 11.7. The molecule has 0 aromatic heterocycles. The summed E-state index contributed by atoms with van der Waals surface area (Å²) in [7, 11) is -3.88. The zero-order valence-corrected chi connectivity index (χ0v) is 12.5. The first-order valence-corrected chi connectivity index (χ1v) is 8.24. The second kappa shape index (κ2) is 5.73. The molecule has 0 saturated heterocycles. The molecule has 1 fully saturated rings. The summed E-state index contributed by atoms with van der Waals surface area (Å²) in [6.45, 7) is 1.51. The van der Waals surface area contributed by atoms with Crippen LogP contribution in [0.3, 0.4) is 0 Å². The van der Waals surface area contributed by atoms with Gasteiger partial charge in [0.1, 0.15) is 5.82 Å².